The minimum absolute atomic E-state index is 1.07. The SMILES string of the molecule is [CH2]CCCCCn1cc[n+](C)c1. The third-order valence-electron chi connectivity index (χ3n) is 1.99. The second-order valence-electron chi connectivity index (χ2n) is 3.23. The van der Waals surface area contributed by atoms with Crippen molar-refractivity contribution in [2.45, 2.75) is 32.2 Å². The molecule has 0 bridgehead atoms. The van der Waals surface area contributed by atoms with Crippen LogP contribution in [-0.4, -0.2) is 4.57 Å². The van der Waals surface area contributed by atoms with Gasteiger partial charge in [-0.05, 0) is 12.8 Å². The third kappa shape index (κ3) is 3.07. The van der Waals surface area contributed by atoms with E-state index in [1.165, 1.54) is 19.3 Å². The van der Waals surface area contributed by atoms with Crippen molar-refractivity contribution in [3.05, 3.63) is 25.6 Å². The summed E-state index contributed by atoms with van der Waals surface area (Å²) in [6, 6.07) is 0. The van der Waals surface area contributed by atoms with Gasteiger partial charge in [-0.25, -0.2) is 9.13 Å². The van der Waals surface area contributed by atoms with E-state index in [9.17, 15) is 0 Å². The monoisotopic (exact) mass is 166 g/mol. The van der Waals surface area contributed by atoms with E-state index in [0.717, 1.165) is 13.0 Å². The fraction of sp³-hybridized carbons (Fsp3) is 0.600. The molecule has 0 unspecified atom stereocenters. The van der Waals surface area contributed by atoms with E-state index in [1.807, 2.05) is 7.05 Å². The Balaban J connectivity index is 2.15. The number of aromatic nitrogens is 2. The molecule has 0 fully saturated rings. The van der Waals surface area contributed by atoms with Gasteiger partial charge >= 0.3 is 0 Å². The summed E-state index contributed by atoms with van der Waals surface area (Å²) < 4.78 is 4.30. The lowest BCUT2D eigenvalue weighted by Crippen LogP contribution is -2.23. The average Bonchev–Trinajstić information content (AvgIpc) is 2.45. The van der Waals surface area contributed by atoms with Crippen molar-refractivity contribution in [3.63, 3.8) is 0 Å². The van der Waals surface area contributed by atoms with Crippen LogP contribution in [-0.2, 0) is 13.6 Å². The fourth-order valence-corrected chi connectivity index (χ4v) is 1.28. The summed E-state index contributed by atoms with van der Waals surface area (Å²) in [6.45, 7) is 4.96. The molecule has 1 heterocycles. The highest BCUT2D eigenvalue weighted by Gasteiger charge is 1.97. The summed E-state index contributed by atoms with van der Waals surface area (Å²) in [5.74, 6) is 0. The Hall–Kier alpha value is -0.790. The van der Waals surface area contributed by atoms with Crippen LogP contribution in [0.15, 0.2) is 18.7 Å². The molecule has 2 nitrogen and oxygen atoms in total. The number of unbranched alkanes of at least 4 members (excludes halogenated alkanes) is 3. The Kier molecular flexibility index (Phi) is 3.85. The van der Waals surface area contributed by atoms with Crippen molar-refractivity contribution in [1.29, 1.82) is 0 Å². The van der Waals surface area contributed by atoms with E-state index in [0.29, 0.717) is 0 Å². The van der Waals surface area contributed by atoms with E-state index in [2.05, 4.69) is 34.8 Å². The molecule has 1 radical (unpaired) electrons. The Morgan fingerprint density at radius 3 is 2.75 bits per heavy atom. The maximum Gasteiger partial charge on any atom is 0.243 e. The van der Waals surface area contributed by atoms with E-state index >= 15 is 0 Å². The number of hydrogen-bond donors (Lipinski definition) is 0. The van der Waals surface area contributed by atoms with Crippen LogP contribution in [0.3, 0.4) is 0 Å². The second-order valence-corrected chi connectivity index (χ2v) is 3.23. The summed E-state index contributed by atoms with van der Waals surface area (Å²) in [4.78, 5) is 0. The van der Waals surface area contributed by atoms with Crippen molar-refractivity contribution in [2.75, 3.05) is 0 Å². The van der Waals surface area contributed by atoms with Crippen molar-refractivity contribution >= 4 is 0 Å². The Labute approximate surface area is 74.8 Å². The van der Waals surface area contributed by atoms with Crippen molar-refractivity contribution in [3.8, 4) is 0 Å². The number of nitrogens with zero attached hydrogens (tertiary/aromatic N) is 2. The standard InChI is InChI=1S/C10H18N2/c1-3-4-5-6-7-12-9-8-11(2)10-12/h8-10H,1,3-7H2,2H3/q+1. The predicted octanol–water partition coefficient (Wildman–Crippen LogP) is 1.71. The zero-order valence-electron chi connectivity index (χ0n) is 7.87. The molecule has 0 aliphatic heterocycles. The van der Waals surface area contributed by atoms with Gasteiger partial charge in [-0.15, -0.1) is 0 Å². The first-order valence-corrected chi connectivity index (χ1v) is 4.63. The number of hydrogen-bond acceptors (Lipinski definition) is 0. The zero-order chi connectivity index (χ0) is 8.81. The van der Waals surface area contributed by atoms with Gasteiger partial charge in [0.25, 0.3) is 0 Å². The number of aryl methyl sites for hydroxylation is 2. The molecular weight excluding hydrogens is 148 g/mol. The Morgan fingerprint density at radius 2 is 2.17 bits per heavy atom. The van der Waals surface area contributed by atoms with Gasteiger partial charge in [0, 0.05) is 0 Å². The summed E-state index contributed by atoms with van der Waals surface area (Å²) in [6.07, 6.45) is 11.2. The Morgan fingerprint density at radius 1 is 1.33 bits per heavy atom. The summed E-state index contributed by atoms with van der Waals surface area (Å²) in [7, 11) is 2.05. The molecule has 1 rings (SSSR count). The number of imidazole rings is 1. The lowest BCUT2D eigenvalue weighted by Gasteiger charge is -1.95. The summed E-state index contributed by atoms with van der Waals surface area (Å²) in [5.41, 5.74) is 0. The van der Waals surface area contributed by atoms with Crippen LogP contribution in [0.1, 0.15) is 25.7 Å². The molecule has 12 heavy (non-hydrogen) atoms. The quantitative estimate of drug-likeness (QED) is 0.465. The molecule has 0 aromatic carbocycles. The van der Waals surface area contributed by atoms with Gasteiger partial charge in [0.05, 0.1) is 13.6 Å². The van der Waals surface area contributed by atoms with Crippen LogP contribution in [0.2, 0.25) is 0 Å². The van der Waals surface area contributed by atoms with E-state index in [-0.39, 0.29) is 0 Å². The molecule has 1 aromatic rings. The van der Waals surface area contributed by atoms with Gasteiger partial charge in [-0.3, -0.25) is 0 Å². The lowest BCUT2D eigenvalue weighted by molar-refractivity contribution is -0.671. The molecule has 0 aliphatic rings. The largest absolute Gasteiger partial charge is 0.243 e. The molecule has 67 valence electrons. The average molecular weight is 166 g/mol. The van der Waals surface area contributed by atoms with Crippen LogP contribution >= 0.6 is 0 Å². The number of rotatable bonds is 5. The van der Waals surface area contributed by atoms with Crippen LogP contribution in [0.5, 0.6) is 0 Å². The normalized spacial score (nSPS) is 10.5. The van der Waals surface area contributed by atoms with Crippen LogP contribution in [0.4, 0.5) is 0 Å². The van der Waals surface area contributed by atoms with Gasteiger partial charge in [0.2, 0.25) is 6.33 Å². The van der Waals surface area contributed by atoms with Crippen LogP contribution in [0.25, 0.3) is 0 Å². The summed E-state index contributed by atoms with van der Waals surface area (Å²) >= 11 is 0. The Bertz CT molecular complexity index is 215. The highest BCUT2D eigenvalue weighted by molar-refractivity contribution is 4.65. The minimum atomic E-state index is 1.07. The van der Waals surface area contributed by atoms with Gasteiger partial charge in [0.15, 0.2) is 0 Å². The van der Waals surface area contributed by atoms with Gasteiger partial charge in [-0.1, -0.05) is 19.8 Å². The van der Waals surface area contributed by atoms with E-state index < -0.39 is 0 Å². The van der Waals surface area contributed by atoms with Crippen molar-refractivity contribution in [1.82, 2.24) is 4.57 Å². The van der Waals surface area contributed by atoms with Gasteiger partial charge in [0.1, 0.15) is 12.4 Å². The molecule has 0 saturated carbocycles. The zero-order valence-corrected chi connectivity index (χ0v) is 7.87. The molecular formula is C10H18N2+. The molecule has 1 aromatic heterocycles. The van der Waals surface area contributed by atoms with Crippen LogP contribution < -0.4 is 4.57 Å². The molecule has 0 amide bonds. The molecule has 0 atom stereocenters. The predicted molar refractivity (Wildman–Crippen MR) is 49.4 cm³/mol. The summed E-state index contributed by atoms with van der Waals surface area (Å²) in [5, 5.41) is 0. The van der Waals surface area contributed by atoms with E-state index in [1.54, 1.807) is 0 Å². The fourth-order valence-electron chi connectivity index (χ4n) is 1.28. The molecule has 0 spiro atoms. The van der Waals surface area contributed by atoms with E-state index in [4.69, 9.17) is 0 Å². The maximum atomic E-state index is 3.82. The molecule has 0 aliphatic carbocycles. The highest BCUT2D eigenvalue weighted by atomic mass is 15.1. The molecule has 0 N–H and O–H groups in total. The topological polar surface area (TPSA) is 8.81 Å². The third-order valence-corrected chi connectivity index (χ3v) is 1.99. The minimum Gasteiger partial charge on any atom is -0.240 e. The van der Waals surface area contributed by atoms with Gasteiger partial charge < -0.3 is 0 Å². The molecule has 2 heteroatoms. The van der Waals surface area contributed by atoms with Crippen molar-refractivity contribution in [2.24, 2.45) is 7.05 Å². The second kappa shape index (κ2) is 4.96. The first-order valence-electron chi connectivity index (χ1n) is 4.63. The maximum absolute atomic E-state index is 3.82. The first kappa shape index (κ1) is 9.30. The van der Waals surface area contributed by atoms with Crippen LogP contribution in [0, 0.1) is 6.92 Å². The van der Waals surface area contributed by atoms with Crippen molar-refractivity contribution < 1.29 is 4.57 Å². The van der Waals surface area contributed by atoms with Gasteiger partial charge in [-0.2, -0.15) is 0 Å². The first-order chi connectivity index (χ1) is 5.83. The smallest absolute Gasteiger partial charge is 0.240 e. The molecule has 0 saturated heterocycles. The highest BCUT2D eigenvalue weighted by Crippen LogP contribution is 2.00. The lowest BCUT2D eigenvalue weighted by atomic mass is 10.2.